The minimum absolute atomic E-state index is 0.678. The van der Waals surface area contributed by atoms with Gasteiger partial charge < -0.3 is 29.6 Å². The number of anilines is 3. The number of pyridine rings is 1. The number of rotatable bonds is 7. The molecule has 1 aromatic carbocycles. The van der Waals surface area contributed by atoms with Crippen LogP contribution in [0.4, 0.5) is 17.3 Å². The van der Waals surface area contributed by atoms with Crippen LogP contribution in [0.15, 0.2) is 30.3 Å². The predicted molar refractivity (Wildman–Crippen MR) is 145 cm³/mol. The molecule has 1 aliphatic carbocycles. The Bertz CT molecular complexity index is 1180. The second-order valence-electron chi connectivity index (χ2n) is 10.3. The van der Waals surface area contributed by atoms with Crippen LogP contribution in [-0.4, -0.2) is 92.4 Å². The summed E-state index contributed by atoms with van der Waals surface area (Å²) in [5.74, 6) is 2.62. The second-order valence-corrected chi connectivity index (χ2v) is 10.3. The largest absolute Gasteiger partial charge is 0.492 e. The number of H-pyrrole nitrogens is 1. The third kappa shape index (κ3) is 5.31. The van der Waals surface area contributed by atoms with E-state index in [1.54, 1.807) is 0 Å². The molecule has 0 amide bonds. The zero-order valence-electron chi connectivity index (χ0n) is 21.4. The lowest BCUT2D eigenvalue weighted by molar-refractivity contribution is 0.122. The summed E-state index contributed by atoms with van der Waals surface area (Å²) in [5, 5.41) is 4.91. The van der Waals surface area contributed by atoms with Crippen LogP contribution in [0, 0.1) is 0 Å². The quantitative estimate of drug-likeness (QED) is 0.524. The molecule has 2 aromatic heterocycles. The van der Waals surface area contributed by atoms with Crippen LogP contribution in [0.3, 0.4) is 0 Å². The summed E-state index contributed by atoms with van der Waals surface area (Å²) >= 11 is 0. The minimum atomic E-state index is 0.678. The molecule has 8 nitrogen and oxygen atoms in total. The molecule has 0 unspecified atom stereocenters. The van der Waals surface area contributed by atoms with E-state index in [9.17, 15) is 0 Å². The second kappa shape index (κ2) is 10.7. The summed E-state index contributed by atoms with van der Waals surface area (Å²) in [6.07, 6.45) is 4.87. The van der Waals surface area contributed by atoms with Gasteiger partial charge in [0.15, 0.2) is 0 Å². The third-order valence-electron chi connectivity index (χ3n) is 7.76. The molecule has 0 spiro atoms. The first kappa shape index (κ1) is 23.6. The van der Waals surface area contributed by atoms with E-state index in [1.807, 2.05) is 6.07 Å². The molecule has 0 radical (unpaired) electrons. The van der Waals surface area contributed by atoms with Gasteiger partial charge in [0, 0.05) is 80.2 Å². The van der Waals surface area contributed by atoms with Crippen LogP contribution in [-0.2, 0) is 17.6 Å². The van der Waals surface area contributed by atoms with E-state index in [1.165, 1.54) is 35.0 Å². The van der Waals surface area contributed by atoms with Gasteiger partial charge in [-0.1, -0.05) is 0 Å². The van der Waals surface area contributed by atoms with E-state index in [-0.39, 0.29) is 0 Å². The Labute approximate surface area is 213 Å². The molecule has 192 valence electrons. The molecule has 3 aliphatic rings. The van der Waals surface area contributed by atoms with Gasteiger partial charge in [0.25, 0.3) is 0 Å². The fourth-order valence-corrected chi connectivity index (χ4v) is 5.59. The lowest BCUT2D eigenvalue weighted by Gasteiger charge is -2.32. The molecule has 0 atom stereocenters. The van der Waals surface area contributed by atoms with Gasteiger partial charge in [0.2, 0.25) is 0 Å². The van der Waals surface area contributed by atoms with Gasteiger partial charge in [0.1, 0.15) is 24.0 Å². The van der Waals surface area contributed by atoms with E-state index in [2.05, 4.69) is 56.3 Å². The zero-order valence-corrected chi connectivity index (χ0v) is 21.4. The summed E-state index contributed by atoms with van der Waals surface area (Å²) in [4.78, 5) is 15.8. The number of nitrogens with one attached hydrogen (secondary N) is 2. The van der Waals surface area contributed by atoms with Gasteiger partial charge in [-0.15, -0.1) is 0 Å². The Morgan fingerprint density at radius 2 is 1.83 bits per heavy atom. The monoisotopic (exact) mass is 490 g/mol. The highest BCUT2D eigenvalue weighted by Crippen LogP contribution is 2.32. The van der Waals surface area contributed by atoms with Crippen molar-refractivity contribution < 1.29 is 9.47 Å². The molecule has 4 heterocycles. The SMILES string of the molecule is CN1CCN(CCOc2cc(Nc3ccc4[nH]c5c(c4c3)CCCC5)nc(N3CCOCC3)c2)CC1. The number of hydrogen-bond donors (Lipinski definition) is 2. The van der Waals surface area contributed by atoms with Crippen LogP contribution in [0.2, 0.25) is 0 Å². The standard InChI is InChI=1S/C28H38N6O2/c1-32-8-10-33(11-9-32)12-17-36-22-19-27(31-28(20-22)34-13-15-35-16-14-34)29-21-6-7-26-24(18-21)23-4-2-3-5-25(23)30-26/h6-7,18-20,30H,2-5,8-17H2,1H3,(H,29,31). The van der Waals surface area contributed by atoms with Crippen LogP contribution in [0.5, 0.6) is 5.75 Å². The van der Waals surface area contributed by atoms with Crippen molar-refractivity contribution in [1.82, 2.24) is 19.8 Å². The summed E-state index contributed by atoms with van der Waals surface area (Å²) in [6, 6.07) is 10.7. The summed E-state index contributed by atoms with van der Waals surface area (Å²) in [6.45, 7) is 9.23. The van der Waals surface area contributed by atoms with Crippen LogP contribution >= 0.6 is 0 Å². The lowest BCUT2D eigenvalue weighted by atomic mass is 9.95. The van der Waals surface area contributed by atoms with Gasteiger partial charge in [-0.2, -0.15) is 0 Å². The number of nitrogens with zero attached hydrogens (tertiary/aromatic N) is 4. The zero-order chi connectivity index (χ0) is 24.3. The molecule has 2 fully saturated rings. The van der Waals surface area contributed by atoms with Crippen molar-refractivity contribution in [1.29, 1.82) is 0 Å². The lowest BCUT2D eigenvalue weighted by Crippen LogP contribution is -2.45. The highest BCUT2D eigenvalue weighted by atomic mass is 16.5. The number of aromatic nitrogens is 2. The molecule has 8 heteroatoms. The maximum absolute atomic E-state index is 6.28. The highest BCUT2D eigenvalue weighted by molar-refractivity contribution is 5.88. The first-order valence-electron chi connectivity index (χ1n) is 13.5. The van der Waals surface area contributed by atoms with Crippen molar-refractivity contribution in [2.75, 3.05) is 82.9 Å². The maximum atomic E-state index is 6.28. The van der Waals surface area contributed by atoms with E-state index in [0.717, 1.165) is 94.9 Å². The van der Waals surface area contributed by atoms with Crippen molar-refractivity contribution in [3.05, 3.63) is 41.6 Å². The van der Waals surface area contributed by atoms with Crippen LogP contribution < -0.4 is 15.0 Å². The van der Waals surface area contributed by atoms with Gasteiger partial charge >= 0.3 is 0 Å². The number of hydrogen-bond acceptors (Lipinski definition) is 7. The van der Waals surface area contributed by atoms with E-state index < -0.39 is 0 Å². The van der Waals surface area contributed by atoms with Crippen LogP contribution in [0.25, 0.3) is 10.9 Å². The maximum Gasteiger partial charge on any atom is 0.136 e. The van der Waals surface area contributed by atoms with Gasteiger partial charge in [0.05, 0.1) is 13.2 Å². The fourth-order valence-electron chi connectivity index (χ4n) is 5.59. The highest BCUT2D eigenvalue weighted by Gasteiger charge is 2.18. The Kier molecular flexibility index (Phi) is 6.98. The minimum Gasteiger partial charge on any atom is -0.492 e. The summed E-state index contributed by atoms with van der Waals surface area (Å²) < 4.78 is 11.8. The van der Waals surface area contributed by atoms with Crippen molar-refractivity contribution in [3.63, 3.8) is 0 Å². The first-order chi connectivity index (χ1) is 17.7. The molecular formula is C28H38N6O2. The van der Waals surface area contributed by atoms with Gasteiger partial charge in [-0.05, 0) is 56.5 Å². The Hall–Kier alpha value is -2.81. The molecule has 0 saturated carbocycles. The smallest absolute Gasteiger partial charge is 0.136 e. The van der Waals surface area contributed by atoms with Crippen LogP contribution in [0.1, 0.15) is 24.1 Å². The normalized spacial score (nSPS) is 19.4. The van der Waals surface area contributed by atoms with Crippen molar-refractivity contribution in [2.24, 2.45) is 0 Å². The number of piperazine rings is 1. The van der Waals surface area contributed by atoms with Crippen molar-refractivity contribution in [3.8, 4) is 5.75 Å². The molecule has 36 heavy (non-hydrogen) atoms. The Morgan fingerprint density at radius 1 is 1.00 bits per heavy atom. The third-order valence-corrected chi connectivity index (χ3v) is 7.76. The average molecular weight is 491 g/mol. The van der Waals surface area contributed by atoms with Gasteiger partial charge in [-0.25, -0.2) is 4.98 Å². The van der Waals surface area contributed by atoms with E-state index in [4.69, 9.17) is 14.5 Å². The molecule has 2 saturated heterocycles. The number of aromatic amines is 1. The molecule has 6 rings (SSSR count). The van der Waals surface area contributed by atoms with E-state index >= 15 is 0 Å². The number of fused-ring (bicyclic) bond motifs is 3. The van der Waals surface area contributed by atoms with Gasteiger partial charge in [-0.3, -0.25) is 4.90 Å². The molecule has 2 aliphatic heterocycles. The summed E-state index contributed by atoms with van der Waals surface area (Å²) in [5.41, 5.74) is 5.19. The Morgan fingerprint density at radius 3 is 2.69 bits per heavy atom. The Balaban J connectivity index is 1.21. The number of aryl methyl sites for hydroxylation is 2. The number of ether oxygens (including phenoxy) is 2. The molecule has 0 bridgehead atoms. The van der Waals surface area contributed by atoms with Crippen molar-refractivity contribution >= 4 is 28.2 Å². The summed E-state index contributed by atoms with van der Waals surface area (Å²) in [7, 11) is 2.19. The molecular weight excluding hydrogens is 452 g/mol. The molecule has 3 aromatic rings. The predicted octanol–water partition coefficient (Wildman–Crippen LogP) is 3.65. The number of likely N-dealkylation sites (N-methyl/N-ethyl adjacent to an activating group) is 1. The fraction of sp³-hybridized carbons (Fsp3) is 0.536. The number of morpholine rings is 1. The first-order valence-corrected chi connectivity index (χ1v) is 13.5. The van der Waals surface area contributed by atoms with Crippen molar-refractivity contribution in [2.45, 2.75) is 25.7 Å². The molecule has 2 N–H and O–H groups in total. The average Bonchev–Trinajstić information content (AvgIpc) is 3.28. The topological polar surface area (TPSA) is 68.9 Å². The number of benzene rings is 1. The van der Waals surface area contributed by atoms with E-state index in [0.29, 0.717) is 6.61 Å².